The number of nitrogens with two attached hydrogens (primary N) is 1. The summed E-state index contributed by atoms with van der Waals surface area (Å²) in [5.74, 6) is 0.220. The van der Waals surface area contributed by atoms with Crippen LogP contribution in [0.15, 0.2) is 12.1 Å². The van der Waals surface area contributed by atoms with Crippen molar-refractivity contribution in [2.75, 3.05) is 12.3 Å². The number of nitrogen functional groups attached to an aromatic ring is 1. The summed E-state index contributed by atoms with van der Waals surface area (Å²) in [6.45, 7) is 2.65. The molecule has 0 aliphatic carbocycles. The van der Waals surface area contributed by atoms with Gasteiger partial charge in [-0.1, -0.05) is 19.8 Å². The lowest BCUT2D eigenvalue weighted by Crippen LogP contribution is -2.03. The Balaban J connectivity index is 2.56. The molecule has 0 fully saturated rings. The number of rotatable bonds is 6. The Hall–Kier alpha value is -1.85. The van der Waals surface area contributed by atoms with E-state index in [9.17, 15) is 10.1 Å². The number of pyridine rings is 1. The summed E-state index contributed by atoms with van der Waals surface area (Å²) in [4.78, 5) is 13.7. The van der Waals surface area contributed by atoms with E-state index in [2.05, 4.69) is 11.9 Å². The number of anilines is 1. The van der Waals surface area contributed by atoms with Crippen LogP contribution < -0.4 is 10.5 Å². The normalized spacial score (nSPS) is 10.1. The third-order valence-electron chi connectivity index (χ3n) is 2.07. The highest BCUT2D eigenvalue weighted by Crippen LogP contribution is 2.21. The molecule has 0 radical (unpaired) electrons. The lowest BCUT2D eigenvalue weighted by atomic mass is 10.3. The Morgan fingerprint density at radius 3 is 2.81 bits per heavy atom. The van der Waals surface area contributed by atoms with E-state index in [1.54, 1.807) is 0 Å². The molecule has 1 aromatic rings. The molecule has 0 amide bonds. The topological polar surface area (TPSA) is 91.3 Å². The first kappa shape index (κ1) is 12.2. The Morgan fingerprint density at radius 2 is 2.25 bits per heavy atom. The summed E-state index contributed by atoms with van der Waals surface area (Å²) < 4.78 is 5.31. The molecule has 88 valence electrons. The summed E-state index contributed by atoms with van der Waals surface area (Å²) in [5, 5.41) is 10.5. The maximum absolute atomic E-state index is 10.5. The summed E-state index contributed by atoms with van der Waals surface area (Å²) >= 11 is 0. The minimum atomic E-state index is -0.566. The molecule has 0 saturated heterocycles. The van der Waals surface area contributed by atoms with Crippen molar-refractivity contribution in [3.63, 3.8) is 0 Å². The van der Waals surface area contributed by atoms with Crippen LogP contribution in [0.25, 0.3) is 0 Å². The molecule has 1 aromatic heterocycles. The molecule has 0 unspecified atom stereocenters. The van der Waals surface area contributed by atoms with Crippen molar-refractivity contribution >= 4 is 11.5 Å². The number of aromatic nitrogens is 1. The standard InChI is InChI=1S/C10H15N3O3/c1-2-3-4-7-16-9-6-5-8(13(14)15)10(11)12-9/h5-6H,2-4,7H2,1H3,(H2,11,12). The van der Waals surface area contributed by atoms with Gasteiger partial charge < -0.3 is 10.5 Å². The van der Waals surface area contributed by atoms with Crippen LogP contribution in [0.1, 0.15) is 26.2 Å². The van der Waals surface area contributed by atoms with Crippen molar-refractivity contribution < 1.29 is 9.66 Å². The van der Waals surface area contributed by atoms with Crippen LogP contribution in [0.2, 0.25) is 0 Å². The van der Waals surface area contributed by atoms with E-state index in [0.717, 1.165) is 19.3 Å². The van der Waals surface area contributed by atoms with Gasteiger partial charge in [0.05, 0.1) is 11.5 Å². The molecule has 1 heterocycles. The van der Waals surface area contributed by atoms with Crippen molar-refractivity contribution in [1.29, 1.82) is 0 Å². The predicted octanol–water partition coefficient (Wildman–Crippen LogP) is 2.14. The monoisotopic (exact) mass is 225 g/mol. The van der Waals surface area contributed by atoms with Gasteiger partial charge in [-0.2, -0.15) is 4.98 Å². The molecule has 2 N–H and O–H groups in total. The molecular weight excluding hydrogens is 210 g/mol. The molecule has 0 atom stereocenters. The fraction of sp³-hybridized carbons (Fsp3) is 0.500. The number of hydrogen-bond acceptors (Lipinski definition) is 5. The second kappa shape index (κ2) is 5.89. The van der Waals surface area contributed by atoms with E-state index in [1.807, 2.05) is 0 Å². The maximum atomic E-state index is 10.5. The van der Waals surface area contributed by atoms with Gasteiger partial charge >= 0.3 is 5.69 Å². The number of nitro groups is 1. The summed E-state index contributed by atoms with van der Waals surface area (Å²) in [6.07, 6.45) is 3.14. The lowest BCUT2D eigenvalue weighted by molar-refractivity contribution is -0.384. The maximum Gasteiger partial charge on any atom is 0.311 e. The van der Waals surface area contributed by atoms with Crippen molar-refractivity contribution in [3.05, 3.63) is 22.2 Å². The second-order valence-electron chi connectivity index (χ2n) is 3.37. The molecule has 6 heteroatoms. The molecule has 0 aromatic carbocycles. The molecule has 1 rings (SSSR count). The fourth-order valence-corrected chi connectivity index (χ4v) is 1.21. The van der Waals surface area contributed by atoms with Crippen molar-refractivity contribution in [1.82, 2.24) is 4.98 Å². The third kappa shape index (κ3) is 3.38. The lowest BCUT2D eigenvalue weighted by Gasteiger charge is -2.05. The second-order valence-corrected chi connectivity index (χ2v) is 3.37. The zero-order valence-corrected chi connectivity index (χ0v) is 9.18. The van der Waals surface area contributed by atoms with Crippen molar-refractivity contribution in [3.8, 4) is 5.88 Å². The summed E-state index contributed by atoms with van der Waals surface area (Å²) in [7, 11) is 0. The Labute approximate surface area is 93.6 Å². The molecule has 0 spiro atoms. The predicted molar refractivity (Wildman–Crippen MR) is 60.3 cm³/mol. The van der Waals surface area contributed by atoms with Gasteiger partial charge in [-0.3, -0.25) is 10.1 Å². The first-order valence-electron chi connectivity index (χ1n) is 5.19. The molecule has 16 heavy (non-hydrogen) atoms. The van der Waals surface area contributed by atoms with E-state index in [1.165, 1.54) is 12.1 Å². The smallest absolute Gasteiger partial charge is 0.311 e. The summed E-state index contributed by atoms with van der Waals surface area (Å²) in [6, 6.07) is 2.76. The van der Waals surface area contributed by atoms with Crippen molar-refractivity contribution in [2.45, 2.75) is 26.2 Å². The average Bonchev–Trinajstić information content (AvgIpc) is 2.24. The number of nitrogens with zero attached hydrogens (tertiary/aromatic N) is 2. The highest BCUT2D eigenvalue weighted by molar-refractivity contribution is 5.53. The highest BCUT2D eigenvalue weighted by atomic mass is 16.6. The zero-order chi connectivity index (χ0) is 12.0. The molecule has 6 nitrogen and oxygen atoms in total. The largest absolute Gasteiger partial charge is 0.478 e. The Kier molecular flexibility index (Phi) is 4.50. The van der Waals surface area contributed by atoms with Crippen molar-refractivity contribution in [2.24, 2.45) is 0 Å². The van der Waals surface area contributed by atoms with Gasteiger partial charge in [0, 0.05) is 12.1 Å². The minimum absolute atomic E-state index is 0.113. The van der Waals surface area contributed by atoms with Gasteiger partial charge in [-0.15, -0.1) is 0 Å². The van der Waals surface area contributed by atoms with E-state index >= 15 is 0 Å². The van der Waals surface area contributed by atoms with Crippen LogP contribution in [0.3, 0.4) is 0 Å². The van der Waals surface area contributed by atoms with E-state index < -0.39 is 4.92 Å². The van der Waals surface area contributed by atoms with Crippen LogP contribution in [0.5, 0.6) is 5.88 Å². The van der Waals surface area contributed by atoms with Gasteiger partial charge in [0.2, 0.25) is 11.7 Å². The number of ether oxygens (including phenoxy) is 1. The van der Waals surface area contributed by atoms with Gasteiger partial charge in [-0.05, 0) is 6.42 Å². The Bertz CT molecular complexity index is 368. The van der Waals surface area contributed by atoms with Gasteiger partial charge in [0.1, 0.15) is 0 Å². The molecule has 0 aliphatic rings. The molecule has 0 bridgehead atoms. The molecule has 0 saturated carbocycles. The van der Waals surface area contributed by atoms with Gasteiger partial charge in [0.25, 0.3) is 0 Å². The van der Waals surface area contributed by atoms with E-state index in [0.29, 0.717) is 12.5 Å². The van der Waals surface area contributed by atoms with Crippen LogP contribution in [-0.2, 0) is 0 Å². The SMILES string of the molecule is CCCCCOc1ccc([N+](=O)[O-])c(N)n1. The van der Waals surface area contributed by atoms with Crippen LogP contribution in [-0.4, -0.2) is 16.5 Å². The van der Waals surface area contributed by atoms with Gasteiger partial charge in [0.15, 0.2) is 0 Å². The average molecular weight is 225 g/mol. The first-order valence-corrected chi connectivity index (χ1v) is 5.19. The quantitative estimate of drug-likeness (QED) is 0.455. The first-order chi connectivity index (χ1) is 7.65. The summed E-state index contributed by atoms with van der Waals surface area (Å²) in [5.41, 5.74) is 5.23. The number of hydrogen-bond donors (Lipinski definition) is 1. The number of unbranched alkanes of at least 4 members (excludes halogenated alkanes) is 2. The molecular formula is C10H15N3O3. The highest BCUT2D eigenvalue weighted by Gasteiger charge is 2.12. The third-order valence-corrected chi connectivity index (χ3v) is 2.07. The van der Waals surface area contributed by atoms with Gasteiger partial charge in [-0.25, -0.2) is 0 Å². The van der Waals surface area contributed by atoms with Crippen LogP contribution in [0, 0.1) is 10.1 Å². The van der Waals surface area contributed by atoms with E-state index in [4.69, 9.17) is 10.5 Å². The Morgan fingerprint density at radius 1 is 1.50 bits per heavy atom. The fourth-order valence-electron chi connectivity index (χ4n) is 1.21. The molecule has 0 aliphatic heterocycles. The van der Waals surface area contributed by atoms with E-state index in [-0.39, 0.29) is 11.5 Å². The van der Waals surface area contributed by atoms with Crippen LogP contribution >= 0.6 is 0 Å². The van der Waals surface area contributed by atoms with Crippen LogP contribution in [0.4, 0.5) is 11.5 Å². The minimum Gasteiger partial charge on any atom is -0.478 e. The zero-order valence-electron chi connectivity index (χ0n) is 9.18.